The van der Waals surface area contributed by atoms with Crippen molar-refractivity contribution in [1.29, 1.82) is 0 Å². The van der Waals surface area contributed by atoms with Crippen molar-refractivity contribution in [2.24, 2.45) is 0 Å². The number of aliphatic hydroxyl groups is 1. The van der Waals surface area contributed by atoms with Crippen molar-refractivity contribution in [3.8, 4) is 0 Å². The topological polar surface area (TPSA) is 41.5 Å². The SMILES string of the molecule is COCC(O)CNCc1cccc(Br)c1. The number of nitrogens with one attached hydrogen (secondary N) is 1. The number of benzene rings is 1. The van der Waals surface area contributed by atoms with Crippen LogP contribution in [0.25, 0.3) is 0 Å². The van der Waals surface area contributed by atoms with Gasteiger partial charge in [0.15, 0.2) is 0 Å². The predicted octanol–water partition coefficient (Wildman–Crippen LogP) is 1.55. The third kappa shape index (κ3) is 5.28. The molecule has 1 unspecified atom stereocenters. The maximum atomic E-state index is 9.39. The maximum absolute atomic E-state index is 9.39. The summed E-state index contributed by atoms with van der Waals surface area (Å²) in [5.74, 6) is 0. The Balaban J connectivity index is 2.25. The van der Waals surface area contributed by atoms with E-state index in [1.165, 1.54) is 5.56 Å². The first-order chi connectivity index (χ1) is 7.22. The predicted molar refractivity (Wildman–Crippen MR) is 63.7 cm³/mol. The van der Waals surface area contributed by atoms with E-state index in [1.807, 2.05) is 18.2 Å². The van der Waals surface area contributed by atoms with Crippen LogP contribution in [0.15, 0.2) is 28.7 Å². The highest BCUT2D eigenvalue weighted by Gasteiger charge is 2.02. The lowest BCUT2D eigenvalue weighted by molar-refractivity contribution is 0.0644. The monoisotopic (exact) mass is 273 g/mol. The Bertz CT molecular complexity index is 294. The number of aliphatic hydroxyl groups excluding tert-OH is 1. The molecule has 1 atom stereocenters. The summed E-state index contributed by atoms with van der Waals surface area (Å²) in [6.07, 6.45) is -0.442. The molecule has 0 bridgehead atoms. The summed E-state index contributed by atoms with van der Waals surface area (Å²) in [6.45, 7) is 1.66. The molecule has 2 N–H and O–H groups in total. The first-order valence-corrected chi connectivity index (χ1v) is 5.64. The third-order valence-electron chi connectivity index (χ3n) is 1.96. The molecule has 1 aromatic rings. The van der Waals surface area contributed by atoms with Crippen LogP contribution in [0.1, 0.15) is 5.56 Å². The second-order valence-corrected chi connectivity index (χ2v) is 4.29. The van der Waals surface area contributed by atoms with Crippen molar-refractivity contribution in [3.63, 3.8) is 0 Å². The zero-order chi connectivity index (χ0) is 11.1. The van der Waals surface area contributed by atoms with E-state index in [-0.39, 0.29) is 0 Å². The Morgan fingerprint density at radius 2 is 2.33 bits per heavy atom. The van der Waals surface area contributed by atoms with Crippen molar-refractivity contribution in [2.75, 3.05) is 20.3 Å². The number of hydrogen-bond acceptors (Lipinski definition) is 3. The molecule has 15 heavy (non-hydrogen) atoms. The first kappa shape index (κ1) is 12.6. The molecule has 0 heterocycles. The van der Waals surface area contributed by atoms with Crippen LogP contribution in [0, 0.1) is 0 Å². The minimum absolute atomic E-state index is 0.367. The van der Waals surface area contributed by atoms with Crippen molar-refractivity contribution < 1.29 is 9.84 Å². The molecular weight excluding hydrogens is 258 g/mol. The molecule has 1 aromatic carbocycles. The van der Waals surface area contributed by atoms with Gasteiger partial charge >= 0.3 is 0 Å². The standard InChI is InChI=1S/C11H16BrNO2/c1-15-8-11(14)7-13-6-9-3-2-4-10(12)5-9/h2-5,11,13-14H,6-8H2,1H3. The molecule has 0 amide bonds. The van der Waals surface area contributed by atoms with Crippen LogP contribution in [0.3, 0.4) is 0 Å². The van der Waals surface area contributed by atoms with Crippen molar-refractivity contribution >= 4 is 15.9 Å². The van der Waals surface area contributed by atoms with Gasteiger partial charge in [-0.3, -0.25) is 0 Å². The van der Waals surface area contributed by atoms with Crippen molar-refractivity contribution in [1.82, 2.24) is 5.32 Å². The van der Waals surface area contributed by atoms with Crippen LogP contribution in [0.5, 0.6) is 0 Å². The van der Waals surface area contributed by atoms with Gasteiger partial charge in [0.2, 0.25) is 0 Å². The lowest BCUT2D eigenvalue weighted by Crippen LogP contribution is -2.29. The van der Waals surface area contributed by atoms with E-state index in [0.29, 0.717) is 13.2 Å². The molecule has 0 aliphatic heterocycles. The Morgan fingerprint density at radius 3 is 3.00 bits per heavy atom. The Morgan fingerprint density at radius 1 is 1.53 bits per heavy atom. The highest BCUT2D eigenvalue weighted by molar-refractivity contribution is 9.10. The van der Waals surface area contributed by atoms with Crippen LogP contribution in [-0.4, -0.2) is 31.5 Å². The molecule has 0 spiro atoms. The quantitative estimate of drug-likeness (QED) is 0.827. The van der Waals surface area contributed by atoms with Gasteiger partial charge in [0.25, 0.3) is 0 Å². The fourth-order valence-electron chi connectivity index (χ4n) is 1.28. The molecule has 0 radical (unpaired) electrons. The molecular formula is C11H16BrNO2. The second kappa shape index (κ2) is 6.95. The van der Waals surface area contributed by atoms with E-state index in [1.54, 1.807) is 7.11 Å². The smallest absolute Gasteiger partial charge is 0.0897 e. The lowest BCUT2D eigenvalue weighted by Gasteiger charge is -2.10. The minimum Gasteiger partial charge on any atom is -0.389 e. The van der Waals surface area contributed by atoms with Crippen LogP contribution in [0.4, 0.5) is 0 Å². The molecule has 0 aromatic heterocycles. The number of ether oxygens (including phenoxy) is 1. The minimum atomic E-state index is -0.442. The number of halogens is 1. The molecule has 0 aliphatic rings. The van der Waals surface area contributed by atoms with Gasteiger partial charge in [-0.1, -0.05) is 28.1 Å². The van der Waals surface area contributed by atoms with E-state index >= 15 is 0 Å². The van der Waals surface area contributed by atoms with Gasteiger partial charge in [0.1, 0.15) is 0 Å². The highest BCUT2D eigenvalue weighted by atomic mass is 79.9. The zero-order valence-corrected chi connectivity index (χ0v) is 10.3. The second-order valence-electron chi connectivity index (χ2n) is 3.37. The maximum Gasteiger partial charge on any atom is 0.0897 e. The largest absolute Gasteiger partial charge is 0.389 e. The average Bonchev–Trinajstić information content (AvgIpc) is 2.18. The lowest BCUT2D eigenvalue weighted by atomic mass is 10.2. The molecule has 0 fully saturated rings. The van der Waals surface area contributed by atoms with Crippen molar-refractivity contribution in [3.05, 3.63) is 34.3 Å². The van der Waals surface area contributed by atoms with Gasteiger partial charge in [-0.05, 0) is 17.7 Å². The summed E-state index contributed by atoms with van der Waals surface area (Å²) in [4.78, 5) is 0. The molecule has 0 saturated heterocycles. The summed E-state index contributed by atoms with van der Waals surface area (Å²) < 4.78 is 5.90. The fraction of sp³-hybridized carbons (Fsp3) is 0.455. The van der Waals surface area contributed by atoms with Gasteiger partial charge in [-0.25, -0.2) is 0 Å². The van der Waals surface area contributed by atoms with Crippen molar-refractivity contribution in [2.45, 2.75) is 12.6 Å². The summed E-state index contributed by atoms with van der Waals surface area (Å²) in [7, 11) is 1.58. The van der Waals surface area contributed by atoms with Gasteiger partial charge in [0, 0.05) is 24.7 Å². The highest BCUT2D eigenvalue weighted by Crippen LogP contribution is 2.11. The van der Waals surface area contributed by atoms with Gasteiger partial charge < -0.3 is 15.2 Å². The third-order valence-corrected chi connectivity index (χ3v) is 2.45. The Labute approximate surface area is 98.6 Å². The molecule has 0 aliphatic carbocycles. The normalized spacial score (nSPS) is 12.7. The van der Waals surface area contributed by atoms with Crippen LogP contribution in [-0.2, 0) is 11.3 Å². The van der Waals surface area contributed by atoms with Gasteiger partial charge in [-0.2, -0.15) is 0 Å². The summed E-state index contributed by atoms with van der Waals surface area (Å²) in [5.41, 5.74) is 1.19. The zero-order valence-electron chi connectivity index (χ0n) is 8.74. The first-order valence-electron chi connectivity index (χ1n) is 4.84. The molecule has 84 valence electrons. The van der Waals surface area contributed by atoms with E-state index in [9.17, 15) is 5.11 Å². The van der Waals surface area contributed by atoms with E-state index in [0.717, 1.165) is 11.0 Å². The van der Waals surface area contributed by atoms with Gasteiger partial charge in [0.05, 0.1) is 12.7 Å². The fourth-order valence-corrected chi connectivity index (χ4v) is 1.73. The van der Waals surface area contributed by atoms with Gasteiger partial charge in [-0.15, -0.1) is 0 Å². The summed E-state index contributed by atoms with van der Waals surface area (Å²) in [6, 6.07) is 8.08. The van der Waals surface area contributed by atoms with E-state index in [4.69, 9.17) is 4.74 Å². The number of methoxy groups -OCH3 is 1. The molecule has 0 saturated carbocycles. The molecule has 4 heteroatoms. The van der Waals surface area contributed by atoms with E-state index < -0.39 is 6.10 Å². The average molecular weight is 274 g/mol. The summed E-state index contributed by atoms with van der Waals surface area (Å²) in [5, 5.41) is 12.5. The molecule has 1 rings (SSSR count). The van der Waals surface area contributed by atoms with Crippen LogP contribution >= 0.6 is 15.9 Å². The number of hydrogen-bond donors (Lipinski definition) is 2. The summed E-state index contributed by atoms with van der Waals surface area (Å²) >= 11 is 3.41. The van der Waals surface area contributed by atoms with Crippen LogP contribution < -0.4 is 5.32 Å². The molecule has 3 nitrogen and oxygen atoms in total. The Kier molecular flexibility index (Phi) is 5.86. The number of rotatable bonds is 6. The van der Waals surface area contributed by atoms with Crippen LogP contribution in [0.2, 0.25) is 0 Å². The Hall–Kier alpha value is -0.420. The van der Waals surface area contributed by atoms with E-state index in [2.05, 4.69) is 27.3 Å².